The summed E-state index contributed by atoms with van der Waals surface area (Å²) in [7, 11) is 0. The summed E-state index contributed by atoms with van der Waals surface area (Å²) in [6.45, 7) is 5.87. The highest BCUT2D eigenvalue weighted by Crippen LogP contribution is 2.43. The Morgan fingerprint density at radius 3 is 2.43 bits per heavy atom. The third-order valence-electron chi connectivity index (χ3n) is 8.63. The molecule has 0 saturated carbocycles. The lowest BCUT2D eigenvalue weighted by molar-refractivity contribution is -0.276. The Labute approximate surface area is 274 Å². The van der Waals surface area contributed by atoms with Crippen molar-refractivity contribution in [3.05, 3.63) is 126 Å². The number of carbonyl (C=O) groups is 2. The second kappa shape index (κ2) is 14.3. The second-order valence-corrected chi connectivity index (χ2v) is 12.0. The number of fused-ring (bicyclic) bond motifs is 1. The molecule has 47 heavy (non-hydrogen) atoms. The molecule has 1 aliphatic rings. The minimum absolute atomic E-state index is 0.0167. The molecule has 2 N–H and O–H groups in total. The molecule has 1 amide bonds. The molecule has 5 aromatic rings. The number of rotatable bonds is 10. The average molecular weight is 634 g/mol. The normalized spacial score (nSPS) is 20.1. The van der Waals surface area contributed by atoms with Gasteiger partial charge in [0.1, 0.15) is 0 Å². The van der Waals surface area contributed by atoms with Crippen LogP contribution in [0.5, 0.6) is 0 Å². The molecule has 6 rings (SSSR count). The monoisotopic (exact) mass is 633 g/mol. The molecule has 0 spiro atoms. The minimum atomic E-state index is -0.863. The smallest absolute Gasteiger partial charge is 0.303 e. The van der Waals surface area contributed by atoms with Crippen molar-refractivity contribution < 1.29 is 28.9 Å². The highest BCUT2D eigenvalue weighted by molar-refractivity contribution is 5.83. The first-order chi connectivity index (χ1) is 22.8. The predicted molar refractivity (Wildman–Crippen MR) is 178 cm³/mol. The molecule has 9 nitrogen and oxygen atoms in total. The van der Waals surface area contributed by atoms with E-state index in [1.807, 2.05) is 91.3 Å². The van der Waals surface area contributed by atoms with Gasteiger partial charge in [-0.1, -0.05) is 79.7 Å². The number of aliphatic hydroxyl groups is 1. The van der Waals surface area contributed by atoms with E-state index >= 15 is 0 Å². The molecule has 5 atom stereocenters. The van der Waals surface area contributed by atoms with Crippen LogP contribution in [-0.4, -0.2) is 38.7 Å². The van der Waals surface area contributed by atoms with Gasteiger partial charge < -0.3 is 29.2 Å². The Hall–Kier alpha value is -4.83. The SMILES string of the molecule is CC(=O)O[C@@H](C)C(=O)NCc1cccc(-c2cccc([C@H]3O[C@@H](Cn4cnc5ccccc54)[C@@H](C)[C@@H](c4ccc(CO)cc4)O3)c2)c1. The number of nitrogens with one attached hydrogen (secondary N) is 1. The zero-order valence-electron chi connectivity index (χ0n) is 26.7. The molecule has 0 bridgehead atoms. The van der Waals surface area contributed by atoms with E-state index in [-0.39, 0.29) is 30.6 Å². The number of carbonyl (C=O) groups excluding carboxylic acids is 2. The quantitative estimate of drug-likeness (QED) is 0.175. The molecule has 1 aromatic heterocycles. The van der Waals surface area contributed by atoms with E-state index in [2.05, 4.69) is 33.9 Å². The molecular weight excluding hydrogens is 594 g/mol. The summed E-state index contributed by atoms with van der Waals surface area (Å²) >= 11 is 0. The maximum absolute atomic E-state index is 12.4. The van der Waals surface area contributed by atoms with Gasteiger partial charge in [-0.05, 0) is 59.0 Å². The lowest BCUT2D eigenvalue weighted by Crippen LogP contribution is -2.39. The Kier molecular flexibility index (Phi) is 9.77. The standard InChI is InChI=1S/C38H39N3O6/c1-24-35(21-41-23-40-33-12-4-5-13-34(33)41)46-38(47-36(24)29-16-14-27(22-42)15-17-29)32-11-7-10-31(19-32)30-9-6-8-28(18-30)20-39-37(44)25(2)45-26(3)43/h4-19,23-25,35-36,38,42H,20-22H2,1-3H3,(H,39,44)/t24-,25+,35+,36+,38+/m1/s1. The highest BCUT2D eigenvalue weighted by Gasteiger charge is 2.38. The number of benzene rings is 4. The number of imidazole rings is 1. The third kappa shape index (κ3) is 7.44. The summed E-state index contributed by atoms with van der Waals surface area (Å²) in [5.74, 6) is -0.833. The number of aromatic nitrogens is 2. The fourth-order valence-electron chi connectivity index (χ4n) is 6.04. The summed E-state index contributed by atoms with van der Waals surface area (Å²) in [6.07, 6.45) is -0.0503. The van der Waals surface area contributed by atoms with Crippen LogP contribution in [0.3, 0.4) is 0 Å². The van der Waals surface area contributed by atoms with Crippen LogP contribution in [0.2, 0.25) is 0 Å². The first-order valence-corrected chi connectivity index (χ1v) is 15.8. The molecule has 1 aliphatic heterocycles. The van der Waals surface area contributed by atoms with Gasteiger partial charge in [0, 0.05) is 24.9 Å². The van der Waals surface area contributed by atoms with Crippen LogP contribution in [-0.2, 0) is 43.5 Å². The van der Waals surface area contributed by atoms with E-state index in [0.29, 0.717) is 13.1 Å². The fourth-order valence-corrected chi connectivity index (χ4v) is 6.04. The summed E-state index contributed by atoms with van der Waals surface area (Å²) in [5.41, 5.74) is 7.62. The molecule has 2 heterocycles. The topological polar surface area (TPSA) is 112 Å². The van der Waals surface area contributed by atoms with Crippen molar-refractivity contribution in [2.45, 2.75) is 65.1 Å². The van der Waals surface area contributed by atoms with Crippen molar-refractivity contribution in [2.24, 2.45) is 5.92 Å². The third-order valence-corrected chi connectivity index (χ3v) is 8.63. The van der Waals surface area contributed by atoms with Crippen LogP contribution in [0, 0.1) is 5.92 Å². The second-order valence-electron chi connectivity index (χ2n) is 12.0. The van der Waals surface area contributed by atoms with E-state index in [0.717, 1.165) is 44.4 Å². The van der Waals surface area contributed by atoms with Gasteiger partial charge >= 0.3 is 5.97 Å². The number of amides is 1. The van der Waals surface area contributed by atoms with E-state index in [1.165, 1.54) is 6.92 Å². The first-order valence-electron chi connectivity index (χ1n) is 15.8. The van der Waals surface area contributed by atoms with Gasteiger partial charge in [-0.25, -0.2) is 4.98 Å². The van der Waals surface area contributed by atoms with Crippen LogP contribution in [0.1, 0.15) is 55.4 Å². The van der Waals surface area contributed by atoms with Crippen LogP contribution in [0.25, 0.3) is 22.2 Å². The average Bonchev–Trinajstić information content (AvgIpc) is 3.50. The van der Waals surface area contributed by atoms with E-state index in [1.54, 1.807) is 6.92 Å². The molecule has 242 valence electrons. The molecule has 1 saturated heterocycles. The fraction of sp³-hybridized carbons (Fsp3) is 0.289. The Balaban J connectivity index is 1.25. The number of esters is 1. The van der Waals surface area contributed by atoms with Crippen LogP contribution in [0.4, 0.5) is 0 Å². The Bertz CT molecular complexity index is 1850. The van der Waals surface area contributed by atoms with Crippen molar-refractivity contribution in [3.8, 4) is 11.1 Å². The summed E-state index contributed by atoms with van der Waals surface area (Å²) in [6, 6.07) is 32.0. The lowest BCUT2D eigenvalue weighted by Gasteiger charge is -2.41. The van der Waals surface area contributed by atoms with Crippen LogP contribution < -0.4 is 5.32 Å². The van der Waals surface area contributed by atoms with Gasteiger partial charge in [0.05, 0.1) is 42.7 Å². The molecule has 1 fully saturated rings. The Morgan fingerprint density at radius 2 is 1.66 bits per heavy atom. The summed E-state index contributed by atoms with van der Waals surface area (Å²) in [4.78, 5) is 28.2. The largest absolute Gasteiger partial charge is 0.453 e. The maximum atomic E-state index is 12.4. The molecule has 0 aliphatic carbocycles. The molecule has 9 heteroatoms. The van der Waals surface area contributed by atoms with Crippen LogP contribution in [0.15, 0.2) is 103 Å². The summed E-state index contributed by atoms with van der Waals surface area (Å²) < 4.78 is 20.6. The number of aliphatic hydroxyl groups excluding tert-OH is 1. The number of hydrogen-bond acceptors (Lipinski definition) is 7. The van der Waals surface area contributed by atoms with E-state index < -0.39 is 18.4 Å². The maximum Gasteiger partial charge on any atom is 0.303 e. The van der Waals surface area contributed by atoms with Gasteiger partial charge in [-0.3, -0.25) is 9.59 Å². The van der Waals surface area contributed by atoms with Gasteiger partial charge in [-0.15, -0.1) is 0 Å². The minimum Gasteiger partial charge on any atom is -0.453 e. The van der Waals surface area contributed by atoms with Crippen LogP contribution >= 0.6 is 0 Å². The van der Waals surface area contributed by atoms with Gasteiger partial charge in [0.2, 0.25) is 0 Å². The van der Waals surface area contributed by atoms with Crippen molar-refractivity contribution in [1.82, 2.24) is 14.9 Å². The number of ether oxygens (including phenoxy) is 3. The Morgan fingerprint density at radius 1 is 0.915 bits per heavy atom. The number of para-hydroxylation sites is 2. The molecule has 0 unspecified atom stereocenters. The predicted octanol–water partition coefficient (Wildman–Crippen LogP) is 6.26. The van der Waals surface area contributed by atoms with Crippen molar-refractivity contribution in [3.63, 3.8) is 0 Å². The van der Waals surface area contributed by atoms with Crippen molar-refractivity contribution in [2.75, 3.05) is 0 Å². The molecule has 4 aromatic carbocycles. The van der Waals surface area contributed by atoms with Crippen molar-refractivity contribution in [1.29, 1.82) is 0 Å². The van der Waals surface area contributed by atoms with Crippen molar-refractivity contribution >= 4 is 22.9 Å². The van der Waals surface area contributed by atoms with Gasteiger partial charge in [-0.2, -0.15) is 0 Å². The zero-order valence-corrected chi connectivity index (χ0v) is 26.7. The van der Waals surface area contributed by atoms with E-state index in [4.69, 9.17) is 14.2 Å². The molecule has 0 radical (unpaired) electrons. The first kappa shape index (κ1) is 32.1. The van der Waals surface area contributed by atoms with Gasteiger partial charge in [0.25, 0.3) is 5.91 Å². The van der Waals surface area contributed by atoms with Gasteiger partial charge in [0.15, 0.2) is 12.4 Å². The van der Waals surface area contributed by atoms with E-state index in [9.17, 15) is 14.7 Å². The number of nitrogens with zero attached hydrogens (tertiary/aromatic N) is 2. The lowest BCUT2D eigenvalue weighted by atomic mass is 9.90. The zero-order chi connectivity index (χ0) is 32.9. The summed E-state index contributed by atoms with van der Waals surface area (Å²) in [5, 5.41) is 12.4. The number of hydrogen-bond donors (Lipinski definition) is 2. The molecular formula is C38H39N3O6. The highest BCUT2D eigenvalue weighted by atomic mass is 16.7.